The first-order valence-corrected chi connectivity index (χ1v) is 10.3. The minimum absolute atomic E-state index is 0.00576. The van der Waals surface area contributed by atoms with Crippen LogP contribution in [0.1, 0.15) is 41.3 Å². The summed E-state index contributed by atoms with van der Waals surface area (Å²) in [6.45, 7) is 6.12. The van der Waals surface area contributed by atoms with E-state index in [4.69, 9.17) is 11.6 Å². The Balaban J connectivity index is 1.62. The SMILES string of the molecule is Cc1cc2nn(-c3ccc(C(C)C)cc3)nc2cc1NC(=O)c1ccc([N+](=O)[O-])cc1Cl. The zero-order valence-electron chi connectivity index (χ0n) is 17.7. The molecule has 0 bridgehead atoms. The molecule has 3 aromatic carbocycles. The van der Waals surface area contributed by atoms with Crippen molar-refractivity contribution in [3.05, 3.63) is 86.4 Å². The van der Waals surface area contributed by atoms with E-state index in [-0.39, 0.29) is 16.3 Å². The number of nitrogens with zero attached hydrogens (tertiary/aromatic N) is 4. The van der Waals surface area contributed by atoms with Gasteiger partial charge in [0.1, 0.15) is 11.0 Å². The van der Waals surface area contributed by atoms with Crippen LogP contribution in [0.5, 0.6) is 0 Å². The highest BCUT2D eigenvalue weighted by molar-refractivity contribution is 6.34. The van der Waals surface area contributed by atoms with E-state index in [0.29, 0.717) is 22.6 Å². The summed E-state index contributed by atoms with van der Waals surface area (Å²) in [5.41, 5.74) is 4.70. The lowest BCUT2D eigenvalue weighted by Gasteiger charge is -2.09. The summed E-state index contributed by atoms with van der Waals surface area (Å²) in [6.07, 6.45) is 0. The second-order valence-electron chi connectivity index (χ2n) is 7.77. The number of nitro groups is 1. The fourth-order valence-corrected chi connectivity index (χ4v) is 3.56. The van der Waals surface area contributed by atoms with E-state index in [0.717, 1.165) is 17.3 Å². The van der Waals surface area contributed by atoms with Crippen molar-refractivity contribution in [2.24, 2.45) is 0 Å². The van der Waals surface area contributed by atoms with Gasteiger partial charge in [-0.05, 0) is 54.3 Å². The second kappa shape index (κ2) is 8.39. The number of halogens is 1. The lowest BCUT2D eigenvalue weighted by molar-refractivity contribution is -0.384. The number of aryl methyl sites for hydroxylation is 1. The quantitative estimate of drug-likeness (QED) is 0.312. The second-order valence-corrected chi connectivity index (χ2v) is 8.17. The number of rotatable bonds is 5. The van der Waals surface area contributed by atoms with Crippen LogP contribution in [0.2, 0.25) is 5.02 Å². The van der Waals surface area contributed by atoms with E-state index in [1.807, 2.05) is 25.1 Å². The van der Waals surface area contributed by atoms with Crippen LogP contribution in [0.4, 0.5) is 11.4 Å². The van der Waals surface area contributed by atoms with Crippen molar-refractivity contribution in [3.63, 3.8) is 0 Å². The number of benzene rings is 3. The lowest BCUT2D eigenvalue weighted by Crippen LogP contribution is -2.13. The summed E-state index contributed by atoms with van der Waals surface area (Å²) in [7, 11) is 0. The maximum absolute atomic E-state index is 12.7. The molecule has 0 spiro atoms. The van der Waals surface area contributed by atoms with Crippen molar-refractivity contribution in [3.8, 4) is 5.69 Å². The van der Waals surface area contributed by atoms with Gasteiger partial charge in [-0.25, -0.2) is 0 Å². The van der Waals surface area contributed by atoms with Crippen LogP contribution < -0.4 is 5.32 Å². The fourth-order valence-electron chi connectivity index (χ4n) is 3.30. The first-order chi connectivity index (χ1) is 15.2. The van der Waals surface area contributed by atoms with Gasteiger partial charge in [0.2, 0.25) is 0 Å². The third-order valence-corrected chi connectivity index (χ3v) is 5.49. The Kier molecular flexibility index (Phi) is 5.63. The van der Waals surface area contributed by atoms with Crippen molar-refractivity contribution < 1.29 is 9.72 Å². The number of hydrogen-bond donors (Lipinski definition) is 1. The van der Waals surface area contributed by atoms with Gasteiger partial charge in [0.25, 0.3) is 11.6 Å². The molecule has 1 aromatic heterocycles. The Hall–Kier alpha value is -3.78. The van der Waals surface area contributed by atoms with E-state index in [1.165, 1.54) is 17.7 Å². The third-order valence-electron chi connectivity index (χ3n) is 5.17. The van der Waals surface area contributed by atoms with Gasteiger partial charge < -0.3 is 5.32 Å². The van der Waals surface area contributed by atoms with Crippen molar-refractivity contribution in [1.29, 1.82) is 0 Å². The van der Waals surface area contributed by atoms with Crippen LogP contribution in [-0.4, -0.2) is 25.8 Å². The molecule has 0 aliphatic carbocycles. The van der Waals surface area contributed by atoms with Crippen LogP contribution in [0.3, 0.4) is 0 Å². The highest BCUT2D eigenvalue weighted by atomic mass is 35.5. The number of carbonyl (C=O) groups is 1. The maximum atomic E-state index is 12.7. The number of hydrogen-bond acceptors (Lipinski definition) is 5. The predicted molar refractivity (Wildman–Crippen MR) is 124 cm³/mol. The Labute approximate surface area is 189 Å². The predicted octanol–water partition coefficient (Wildman–Crippen LogP) is 5.67. The van der Waals surface area contributed by atoms with E-state index >= 15 is 0 Å². The highest BCUT2D eigenvalue weighted by Crippen LogP contribution is 2.26. The third kappa shape index (κ3) is 4.17. The molecule has 1 amide bonds. The first kappa shape index (κ1) is 21.5. The van der Waals surface area contributed by atoms with Crippen LogP contribution in [0, 0.1) is 17.0 Å². The molecule has 0 unspecified atom stereocenters. The minimum atomic E-state index is -0.564. The Morgan fingerprint density at radius 3 is 2.31 bits per heavy atom. The summed E-state index contributed by atoms with van der Waals surface area (Å²) in [5, 5.41) is 22.8. The minimum Gasteiger partial charge on any atom is -0.322 e. The molecule has 0 aliphatic heterocycles. The molecular formula is C23H20ClN5O3. The van der Waals surface area contributed by atoms with Gasteiger partial charge >= 0.3 is 0 Å². The molecule has 0 aliphatic rings. The molecule has 162 valence electrons. The number of non-ortho nitro benzene ring substituents is 1. The number of aromatic nitrogens is 3. The van der Waals surface area contributed by atoms with Crippen molar-refractivity contribution in [2.45, 2.75) is 26.7 Å². The molecular weight excluding hydrogens is 430 g/mol. The topological polar surface area (TPSA) is 103 Å². The molecule has 0 radical (unpaired) electrons. The monoisotopic (exact) mass is 449 g/mol. The summed E-state index contributed by atoms with van der Waals surface area (Å²) < 4.78 is 0. The van der Waals surface area contributed by atoms with E-state index in [1.54, 1.807) is 10.9 Å². The summed E-state index contributed by atoms with van der Waals surface area (Å²) in [6, 6.07) is 15.4. The van der Waals surface area contributed by atoms with Crippen LogP contribution in [0.15, 0.2) is 54.6 Å². The van der Waals surface area contributed by atoms with Gasteiger partial charge in [0, 0.05) is 17.8 Å². The van der Waals surface area contributed by atoms with Gasteiger partial charge in [-0.3, -0.25) is 14.9 Å². The Morgan fingerprint density at radius 2 is 1.72 bits per heavy atom. The molecule has 4 aromatic rings. The van der Waals surface area contributed by atoms with E-state index < -0.39 is 10.8 Å². The molecule has 0 saturated carbocycles. The van der Waals surface area contributed by atoms with Crippen molar-refractivity contribution in [1.82, 2.24) is 15.0 Å². The van der Waals surface area contributed by atoms with Gasteiger partial charge in [0.05, 0.1) is 21.2 Å². The largest absolute Gasteiger partial charge is 0.322 e. The molecule has 9 heteroatoms. The summed E-state index contributed by atoms with van der Waals surface area (Å²) in [5.74, 6) is -0.0317. The zero-order chi connectivity index (χ0) is 23.0. The van der Waals surface area contributed by atoms with Gasteiger partial charge in [-0.1, -0.05) is 37.6 Å². The lowest BCUT2D eigenvalue weighted by atomic mass is 10.0. The normalized spacial score (nSPS) is 11.2. The number of anilines is 1. The number of fused-ring (bicyclic) bond motifs is 1. The Bertz CT molecular complexity index is 1350. The van der Waals surface area contributed by atoms with Crippen LogP contribution in [-0.2, 0) is 0 Å². The molecule has 0 atom stereocenters. The number of nitrogens with one attached hydrogen (secondary N) is 1. The average molecular weight is 450 g/mol. The van der Waals surface area contributed by atoms with Crippen molar-refractivity contribution >= 4 is 39.9 Å². The number of nitro benzene ring substituents is 1. The Morgan fingerprint density at radius 1 is 1.06 bits per heavy atom. The fraction of sp³-hybridized carbons (Fsp3) is 0.174. The van der Waals surface area contributed by atoms with Gasteiger partial charge in [0.15, 0.2) is 0 Å². The molecule has 1 heterocycles. The number of carbonyl (C=O) groups excluding carboxylic acids is 1. The maximum Gasteiger partial charge on any atom is 0.270 e. The van der Waals surface area contributed by atoms with E-state index in [2.05, 4.69) is 41.5 Å². The highest BCUT2D eigenvalue weighted by Gasteiger charge is 2.17. The summed E-state index contributed by atoms with van der Waals surface area (Å²) >= 11 is 6.08. The smallest absolute Gasteiger partial charge is 0.270 e. The molecule has 0 saturated heterocycles. The number of amides is 1. The van der Waals surface area contributed by atoms with E-state index in [9.17, 15) is 14.9 Å². The van der Waals surface area contributed by atoms with Crippen molar-refractivity contribution in [2.75, 3.05) is 5.32 Å². The van der Waals surface area contributed by atoms with Gasteiger partial charge in [-0.15, -0.1) is 10.2 Å². The molecule has 1 N–H and O–H groups in total. The standard InChI is InChI=1S/C23H20ClN5O3/c1-13(2)15-4-6-16(7-5-15)28-26-21-10-14(3)20(12-22(21)27-28)25-23(30)18-9-8-17(29(31)32)11-19(18)24/h4-13H,1-3H3,(H,25,30). The molecule has 0 fully saturated rings. The van der Waals surface area contributed by atoms with Crippen LogP contribution >= 0.6 is 11.6 Å². The first-order valence-electron chi connectivity index (χ1n) is 9.96. The average Bonchev–Trinajstić information content (AvgIpc) is 3.16. The molecule has 8 nitrogen and oxygen atoms in total. The molecule has 4 rings (SSSR count). The van der Waals surface area contributed by atoms with Crippen LogP contribution in [0.25, 0.3) is 16.7 Å². The van der Waals surface area contributed by atoms with Gasteiger partial charge in [-0.2, -0.15) is 4.80 Å². The zero-order valence-corrected chi connectivity index (χ0v) is 18.4. The summed E-state index contributed by atoms with van der Waals surface area (Å²) in [4.78, 5) is 24.6. The molecule has 32 heavy (non-hydrogen) atoms.